The molecule has 2 atom stereocenters. The van der Waals surface area contributed by atoms with E-state index in [1.807, 2.05) is 0 Å². The maximum atomic E-state index is 11.0. The third-order valence-corrected chi connectivity index (χ3v) is 3.05. The monoisotopic (exact) mass is 257 g/mol. The smallest absolute Gasteiger partial charge is 0.412 e. The number of carboxylic acids is 1. The largest absolute Gasteiger partial charge is 0.578 e. The molecule has 0 radical (unpaired) electrons. The summed E-state index contributed by atoms with van der Waals surface area (Å²) in [5, 5.41) is 17.7. The molecule has 2 unspecified atom stereocenters. The third-order valence-electron chi connectivity index (χ3n) is 2.21. The number of aliphatic carboxylic acids is 1. The quantitative estimate of drug-likeness (QED) is 0.693. The van der Waals surface area contributed by atoms with Gasteiger partial charge in [0.15, 0.2) is 6.04 Å². The van der Waals surface area contributed by atoms with Gasteiger partial charge in [-0.25, -0.2) is 0 Å². The molecule has 0 saturated carbocycles. The fraction of sp³-hybridized carbons (Fsp3) is 0.300. The standard InChI is InChI=1S/C10H12NO5P/c12-7-9(10(13)14)11(17(15)16)6-8-4-2-1-3-5-8/h1-5,9,12H,6-7H2,(H,13,14). The molecule has 1 rings (SSSR count). The van der Waals surface area contributed by atoms with Crippen molar-refractivity contribution in [1.82, 2.24) is 4.67 Å². The molecule has 92 valence electrons. The van der Waals surface area contributed by atoms with Crippen LogP contribution in [0.15, 0.2) is 30.3 Å². The molecule has 0 aliphatic carbocycles. The summed E-state index contributed by atoms with van der Waals surface area (Å²) in [6.45, 7) is -0.831. The molecule has 7 heteroatoms. The second-order valence-electron chi connectivity index (χ2n) is 3.36. The molecular formula is C10H12NO5P. The Morgan fingerprint density at radius 3 is 2.41 bits per heavy atom. The van der Waals surface area contributed by atoms with Crippen LogP contribution in [0.3, 0.4) is 0 Å². The molecule has 0 aliphatic heterocycles. The summed E-state index contributed by atoms with van der Waals surface area (Å²) in [4.78, 5) is 21.8. The predicted octanol–water partition coefficient (Wildman–Crippen LogP) is -0.0482. The molecule has 17 heavy (non-hydrogen) atoms. The summed E-state index contributed by atoms with van der Waals surface area (Å²) in [7, 11) is -3.07. The number of hydrogen-bond donors (Lipinski definition) is 2. The zero-order valence-corrected chi connectivity index (χ0v) is 9.79. The first-order chi connectivity index (χ1) is 8.06. The maximum absolute atomic E-state index is 11.0. The second kappa shape index (κ2) is 6.42. The van der Waals surface area contributed by atoms with Gasteiger partial charge in [-0.2, -0.15) is 0 Å². The van der Waals surface area contributed by atoms with E-state index in [-0.39, 0.29) is 6.54 Å². The first kappa shape index (κ1) is 13.7. The summed E-state index contributed by atoms with van der Waals surface area (Å²) in [6.07, 6.45) is 0. The first-order valence-corrected chi connectivity index (χ1v) is 5.97. The second-order valence-corrected chi connectivity index (χ2v) is 4.35. The molecule has 0 fully saturated rings. The van der Waals surface area contributed by atoms with Crippen LogP contribution in [0.5, 0.6) is 0 Å². The Kier molecular flexibility index (Phi) is 5.18. The minimum Gasteiger partial charge on any atom is -0.578 e. The highest BCUT2D eigenvalue weighted by atomic mass is 31.1. The summed E-state index contributed by atoms with van der Waals surface area (Å²) < 4.78 is 11.7. The van der Waals surface area contributed by atoms with Crippen LogP contribution in [-0.2, 0) is 15.9 Å². The first-order valence-electron chi connectivity index (χ1n) is 4.84. The summed E-state index contributed by atoms with van der Waals surface area (Å²) in [5.74, 6) is -1.37. The molecule has 0 aromatic heterocycles. The lowest BCUT2D eigenvalue weighted by atomic mass is 10.2. The van der Waals surface area contributed by atoms with Crippen LogP contribution in [0.25, 0.3) is 0 Å². The molecule has 0 saturated heterocycles. The Bertz CT molecular complexity index is 397. The molecule has 0 bridgehead atoms. The van der Waals surface area contributed by atoms with Crippen LogP contribution >= 0.6 is 8.18 Å². The fourth-order valence-corrected chi connectivity index (χ4v) is 2.03. The lowest BCUT2D eigenvalue weighted by molar-refractivity contribution is -0.181. The van der Waals surface area contributed by atoms with Gasteiger partial charge >= 0.3 is 14.1 Å². The zero-order valence-electron chi connectivity index (χ0n) is 8.89. The minimum atomic E-state index is -3.07. The van der Waals surface area contributed by atoms with Gasteiger partial charge in [-0.3, -0.25) is 4.79 Å². The number of rotatable bonds is 6. The molecule has 0 heterocycles. The number of nitrogens with zero attached hydrogens (tertiary/aromatic N) is 1. The normalized spacial score (nSPS) is 13.5. The van der Waals surface area contributed by atoms with Gasteiger partial charge in [0.05, 0.1) is 13.2 Å². The van der Waals surface area contributed by atoms with E-state index in [4.69, 9.17) is 10.2 Å². The van der Waals surface area contributed by atoms with Crippen LogP contribution in [0, 0.1) is 0 Å². The van der Waals surface area contributed by atoms with Crippen LogP contribution < -0.4 is 4.89 Å². The average Bonchev–Trinajstić information content (AvgIpc) is 2.29. The Hall–Kier alpha value is -1.33. The van der Waals surface area contributed by atoms with Crippen molar-refractivity contribution in [3.05, 3.63) is 35.9 Å². The van der Waals surface area contributed by atoms with Crippen molar-refractivity contribution in [2.24, 2.45) is 0 Å². The number of carboxylic acid groups (broad SMARTS) is 1. The maximum Gasteiger partial charge on any atom is 0.412 e. The lowest BCUT2D eigenvalue weighted by Crippen LogP contribution is -2.40. The Morgan fingerprint density at radius 1 is 1.41 bits per heavy atom. The molecule has 0 aliphatic rings. The highest BCUT2D eigenvalue weighted by Crippen LogP contribution is 2.23. The highest BCUT2D eigenvalue weighted by molar-refractivity contribution is 7.33. The summed E-state index contributed by atoms with van der Waals surface area (Å²) in [5.41, 5.74) is 0.659. The number of aliphatic hydroxyl groups is 1. The van der Waals surface area contributed by atoms with Crippen molar-refractivity contribution in [1.29, 1.82) is 0 Å². The van der Waals surface area contributed by atoms with Gasteiger partial charge in [0.25, 0.3) is 0 Å². The van der Waals surface area contributed by atoms with Gasteiger partial charge in [0.2, 0.25) is 0 Å². The van der Waals surface area contributed by atoms with Crippen LogP contribution in [0.2, 0.25) is 0 Å². The third kappa shape index (κ3) is 3.87. The Balaban J connectivity index is 2.87. The topological polar surface area (TPSA) is 101 Å². The van der Waals surface area contributed by atoms with Crippen molar-refractivity contribution in [2.45, 2.75) is 12.6 Å². The number of benzene rings is 1. The van der Waals surface area contributed by atoms with Crippen molar-refractivity contribution in [3.63, 3.8) is 0 Å². The van der Waals surface area contributed by atoms with E-state index in [2.05, 4.69) is 0 Å². The Labute approximate surface area is 99.0 Å². The molecule has 0 amide bonds. The number of aliphatic hydroxyl groups excluding tert-OH is 1. The number of hydrogen-bond acceptors (Lipinski definition) is 4. The van der Waals surface area contributed by atoms with E-state index < -0.39 is 26.8 Å². The molecule has 1 aromatic carbocycles. The van der Waals surface area contributed by atoms with Crippen LogP contribution in [-0.4, -0.2) is 33.5 Å². The van der Waals surface area contributed by atoms with Gasteiger partial charge in [-0.05, 0) is 5.56 Å². The number of carbonyl (C=O) groups is 1. The SMILES string of the molecule is O=C(O)C(CO)N(Cc1ccccc1)[P+](=O)[O-]. The van der Waals surface area contributed by atoms with Gasteiger partial charge in [0, 0.05) is 0 Å². The summed E-state index contributed by atoms with van der Waals surface area (Å²) in [6, 6.07) is 7.13. The molecule has 1 aromatic rings. The van der Waals surface area contributed by atoms with E-state index in [0.717, 1.165) is 4.67 Å². The lowest BCUT2D eigenvalue weighted by Gasteiger charge is -2.18. The minimum absolute atomic E-state index is 0.0724. The van der Waals surface area contributed by atoms with Crippen molar-refractivity contribution in [2.75, 3.05) is 6.61 Å². The Morgan fingerprint density at radius 2 is 2.00 bits per heavy atom. The van der Waals surface area contributed by atoms with Crippen molar-refractivity contribution >= 4 is 14.1 Å². The van der Waals surface area contributed by atoms with E-state index >= 15 is 0 Å². The fourth-order valence-electron chi connectivity index (χ4n) is 1.35. The van der Waals surface area contributed by atoms with E-state index in [1.54, 1.807) is 30.3 Å². The van der Waals surface area contributed by atoms with Gasteiger partial charge in [-0.1, -0.05) is 39.6 Å². The molecule has 2 N–H and O–H groups in total. The van der Waals surface area contributed by atoms with E-state index in [1.165, 1.54) is 0 Å². The zero-order chi connectivity index (χ0) is 12.8. The van der Waals surface area contributed by atoms with E-state index in [0.29, 0.717) is 5.56 Å². The van der Waals surface area contributed by atoms with E-state index in [9.17, 15) is 14.3 Å². The highest BCUT2D eigenvalue weighted by Gasteiger charge is 2.33. The van der Waals surface area contributed by atoms with Gasteiger partial charge in [0.1, 0.15) is 0 Å². The average molecular weight is 257 g/mol. The van der Waals surface area contributed by atoms with Crippen LogP contribution in [0.4, 0.5) is 0 Å². The van der Waals surface area contributed by atoms with Crippen molar-refractivity contribution in [3.8, 4) is 0 Å². The molecule has 0 spiro atoms. The molecular weight excluding hydrogens is 245 g/mol. The van der Waals surface area contributed by atoms with Crippen LogP contribution in [0.1, 0.15) is 5.56 Å². The summed E-state index contributed by atoms with van der Waals surface area (Å²) >= 11 is 0. The molecule has 6 nitrogen and oxygen atoms in total. The van der Waals surface area contributed by atoms with Crippen molar-refractivity contribution < 1.29 is 24.5 Å². The predicted molar refractivity (Wildman–Crippen MR) is 58.1 cm³/mol. The van der Waals surface area contributed by atoms with Gasteiger partial charge in [-0.15, -0.1) is 0 Å². The van der Waals surface area contributed by atoms with Gasteiger partial charge < -0.3 is 15.1 Å².